The molecule has 0 aliphatic heterocycles. The van der Waals surface area contributed by atoms with Crippen molar-refractivity contribution in [2.24, 2.45) is 0 Å². The summed E-state index contributed by atoms with van der Waals surface area (Å²) in [4.78, 5) is 12.5. The van der Waals surface area contributed by atoms with E-state index in [0.29, 0.717) is 5.75 Å². The van der Waals surface area contributed by atoms with Crippen molar-refractivity contribution in [1.82, 2.24) is 0 Å². The van der Waals surface area contributed by atoms with Gasteiger partial charge in [-0.25, -0.2) is 0 Å². The molecule has 0 aliphatic rings. The summed E-state index contributed by atoms with van der Waals surface area (Å²) in [5.74, 6) is -1.30. The van der Waals surface area contributed by atoms with Crippen LogP contribution in [0.5, 0.6) is 28.7 Å². The highest BCUT2D eigenvalue weighted by molar-refractivity contribution is 5.88. The molecule has 0 spiro atoms. The lowest BCUT2D eigenvalue weighted by molar-refractivity contribution is 0.388. The zero-order valence-corrected chi connectivity index (χ0v) is 12.9. The van der Waals surface area contributed by atoms with Crippen LogP contribution in [-0.4, -0.2) is 29.5 Å². The topological polar surface area (TPSA) is 109 Å². The summed E-state index contributed by atoms with van der Waals surface area (Å²) in [6.07, 6.45) is 0. The van der Waals surface area contributed by atoms with Gasteiger partial charge in [0.15, 0.2) is 28.6 Å². The molecule has 24 heavy (non-hydrogen) atoms. The Labute approximate surface area is 135 Å². The van der Waals surface area contributed by atoms with E-state index >= 15 is 0 Å². The molecular weight excluding hydrogens is 316 g/mol. The van der Waals surface area contributed by atoms with Crippen LogP contribution in [0.25, 0.3) is 22.3 Å². The van der Waals surface area contributed by atoms with Crippen molar-refractivity contribution in [3.63, 3.8) is 0 Å². The van der Waals surface area contributed by atoms with Gasteiger partial charge in [0.2, 0.25) is 11.2 Å². The minimum Gasteiger partial charge on any atom is -0.504 e. The highest BCUT2D eigenvalue weighted by Gasteiger charge is 2.22. The van der Waals surface area contributed by atoms with Crippen LogP contribution in [0.3, 0.4) is 0 Å². The molecule has 124 valence electrons. The van der Waals surface area contributed by atoms with Crippen molar-refractivity contribution in [3.05, 3.63) is 40.6 Å². The third kappa shape index (κ3) is 2.26. The minimum absolute atomic E-state index is 0.0237. The fourth-order valence-electron chi connectivity index (χ4n) is 2.40. The van der Waals surface area contributed by atoms with E-state index in [4.69, 9.17) is 13.9 Å². The number of aromatic hydroxyl groups is 3. The lowest BCUT2D eigenvalue weighted by Crippen LogP contribution is -2.04. The standard InChI is InChI=1S/C17H14O7/c1-22-8-6-10-14(20)15(21)17(24-16(10)12(7-8)23-2)9-4-3-5-11(18)13(9)19/h3-7,18-19,21H,1-2H3. The molecule has 0 fully saturated rings. The molecule has 0 atom stereocenters. The molecule has 3 rings (SSSR count). The number of hydrogen-bond donors (Lipinski definition) is 3. The maximum Gasteiger partial charge on any atom is 0.235 e. The highest BCUT2D eigenvalue weighted by atomic mass is 16.5. The maximum absolute atomic E-state index is 12.5. The predicted molar refractivity (Wildman–Crippen MR) is 86.0 cm³/mol. The van der Waals surface area contributed by atoms with E-state index in [0.717, 1.165) is 0 Å². The van der Waals surface area contributed by atoms with Gasteiger partial charge in [-0.15, -0.1) is 0 Å². The average Bonchev–Trinajstić information content (AvgIpc) is 2.59. The molecular formula is C17H14O7. The average molecular weight is 330 g/mol. The highest BCUT2D eigenvalue weighted by Crippen LogP contribution is 2.41. The summed E-state index contributed by atoms with van der Waals surface area (Å²) in [6, 6.07) is 7.04. The van der Waals surface area contributed by atoms with Gasteiger partial charge in [-0.3, -0.25) is 4.79 Å². The SMILES string of the molecule is COc1cc(OC)c2oc(-c3cccc(O)c3O)c(O)c(=O)c2c1. The second-order valence-corrected chi connectivity index (χ2v) is 4.99. The summed E-state index contributed by atoms with van der Waals surface area (Å²) >= 11 is 0. The van der Waals surface area contributed by atoms with E-state index in [1.54, 1.807) is 0 Å². The summed E-state index contributed by atoms with van der Waals surface area (Å²) in [7, 11) is 2.83. The molecule has 0 amide bonds. The Morgan fingerprint density at radius 3 is 2.42 bits per heavy atom. The van der Waals surface area contributed by atoms with Crippen LogP contribution in [-0.2, 0) is 0 Å². The molecule has 0 radical (unpaired) electrons. The van der Waals surface area contributed by atoms with Crippen molar-refractivity contribution in [1.29, 1.82) is 0 Å². The monoisotopic (exact) mass is 330 g/mol. The first-order chi connectivity index (χ1) is 11.5. The van der Waals surface area contributed by atoms with Gasteiger partial charge in [0.1, 0.15) is 5.75 Å². The van der Waals surface area contributed by atoms with Crippen molar-refractivity contribution in [2.75, 3.05) is 14.2 Å². The van der Waals surface area contributed by atoms with Crippen molar-refractivity contribution < 1.29 is 29.2 Å². The number of phenolic OH excluding ortho intramolecular Hbond substituents is 2. The third-order valence-electron chi connectivity index (χ3n) is 3.62. The summed E-state index contributed by atoms with van der Waals surface area (Å²) in [5, 5.41) is 29.9. The molecule has 3 aromatic rings. The summed E-state index contributed by atoms with van der Waals surface area (Å²) < 4.78 is 15.9. The summed E-state index contributed by atoms with van der Waals surface area (Å²) in [6.45, 7) is 0. The molecule has 3 N–H and O–H groups in total. The normalized spacial score (nSPS) is 10.8. The van der Waals surface area contributed by atoms with E-state index in [-0.39, 0.29) is 28.0 Å². The fraction of sp³-hybridized carbons (Fsp3) is 0.118. The quantitative estimate of drug-likeness (QED) is 0.633. The van der Waals surface area contributed by atoms with Gasteiger partial charge in [-0.05, 0) is 18.2 Å². The number of para-hydroxylation sites is 1. The molecule has 0 aliphatic carbocycles. The van der Waals surface area contributed by atoms with Gasteiger partial charge in [0.25, 0.3) is 0 Å². The van der Waals surface area contributed by atoms with Crippen molar-refractivity contribution in [3.8, 4) is 40.1 Å². The molecule has 2 aromatic carbocycles. The van der Waals surface area contributed by atoms with Crippen molar-refractivity contribution in [2.45, 2.75) is 0 Å². The van der Waals surface area contributed by atoms with Crippen LogP contribution in [0, 0.1) is 0 Å². The number of hydrogen-bond acceptors (Lipinski definition) is 7. The first kappa shape index (κ1) is 15.5. The van der Waals surface area contributed by atoms with E-state index in [2.05, 4.69) is 0 Å². The Morgan fingerprint density at radius 2 is 1.75 bits per heavy atom. The van der Waals surface area contributed by atoms with Crippen LogP contribution >= 0.6 is 0 Å². The van der Waals surface area contributed by atoms with Gasteiger partial charge in [-0.2, -0.15) is 0 Å². The summed E-state index contributed by atoms with van der Waals surface area (Å²) in [5.41, 5.74) is -0.658. The van der Waals surface area contributed by atoms with Crippen LogP contribution < -0.4 is 14.9 Å². The van der Waals surface area contributed by atoms with Crippen LogP contribution in [0.1, 0.15) is 0 Å². The molecule has 7 heteroatoms. The second-order valence-electron chi connectivity index (χ2n) is 4.99. The van der Waals surface area contributed by atoms with Gasteiger partial charge in [0.05, 0.1) is 25.2 Å². The molecule has 0 saturated carbocycles. The zero-order valence-electron chi connectivity index (χ0n) is 12.9. The number of benzene rings is 2. The Morgan fingerprint density at radius 1 is 1.00 bits per heavy atom. The van der Waals surface area contributed by atoms with Gasteiger partial charge in [0, 0.05) is 6.07 Å². The maximum atomic E-state index is 12.5. The van der Waals surface area contributed by atoms with E-state index in [9.17, 15) is 20.1 Å². The van der Waals surface area contributed by atoms with E-state index in [1.807, 2.05) is 0 Å². The van der Waals surface area contributed by atoms with E-state index < -0.39 is 22.7 Å². The lowest BCUT2D eigenvalue weighted by Gasteiger charge is -2.11. The fourth-order valence-corrected chi connectivity index (χ4v) is 2.40. The van der Waals surface area contributed by atoms with Crippen LogP contribution in [0.2, 0.25) is 0 Å². The number of phenols is 2. The third-order valence-corrected chi connectivity index (χ3v) is 3.62. The molecule has 7 nitrogen and oxygen atoms in total. The largest absolute Gasteiger partial charge is 0.504 e. The smallest absolute Gasteiger partial charge is 0.235 e. The Kier molecular flexibility index (Phi) is 3.69. The van der Waals surface area contributed by atoms with Gasteiger partial charge in [-0.1, -0.05) is 6.07 Å². The molecule has 0 saturated heterocycles. The molecule has 1 heterocycles. The van der Waals surface area contributed by atoms with Crippen LogP contribution in [0.4, 0.5) is 0 Å². The number of rotatable bonds is 3. The lowest BCUT2D eigenvalue weighted by atomic mass is 10.1. The Bertz CT molecular complexity index is 988. The first-order valence-corrected chi connectivity index (χ1v) is 6.91. The molecule has 0 unspecified atom stereocenters. The van der Waals surface area contributed by atoms with Gasteiger partial charge < -0.3 is 29.2 Å². The van der Waals surface area contributed by atoms with Crippen molar-refractivity contribution >= 4 is 11.0 Å². The van der Waals surface area contributed by atoms with Crippen LogP contribution in [0.15, 0.2) is 39.5 Å². The zero-order chi connectivity index (χ0) is 17.4. The number of fused-ring (bicyclic) bond motifs is 1. The number of methoxy groups -OCH3 is 2. The first-order valence-electron chi connectivity index (χ1n) is 6.91. The molecule has 0 bridgehead atoms. The predicted octanol–water partition coefficient (Wildman–Crippen LogP) is 2.59. The molecule has 1 aromatic heterocycles. The Balaban J connectivity index is 2.42. The van der Waals surface area contributed by atoms with Gasteiger partial charge >= 0.3 is 0 Å². The Hall–Kier alpha value is -3.35. The van der Waals surface area contributed by atoms with E-state index in [1.165, 1.54) is 44.6 Å². The number of ether oxygens (including phenoxy) is 2. The minimum atomic E-state index is -0.716. The second kappa shape index (κ2) is 5.69.